The van der Waals surface area contributed by atoms with E-state index in [1.54, 1.807) is 18.2 Å². The predicted octanol–water partition coefficient (Wildman–Crippen LogP) is 2.88. The highest BCUT2D eigenvalue weighted by Crippen LogP contribution is 2.56. The van der Waals surface area contributed by atoms with Crippen LogP contribution in [0, 0.1) is 23.7 Å². The fourth-order valence-electron chi connectivity index (χ4n) is 4.28. The molecule has 1 heterocycles. The highest BCUT2D eigenvalue weighted by Gasteiger charge is 2.61. The van der Waals surface area contributed by atoms with Gasteiger partial charge in [-0.3, -0.25) is 9.59 Å². The lowest BCUT2D eigenvalue weighted by Gasteiger charge is -2.19. The summed E-state index contributed by atoms with van der Waals surface area (Å²) in [5.41, 5.74) is 0.549. The second-order valence-electron chi connectivity index (χ2n) is 5.85. The Labute approximate surface area is 116 Å². The number of halogens is 1. The van der Waals surface area contributed by atoms with Gasteiger partial charge in [-0.15, -0.1) is 0 Å². The molecule has 2 amide bonds. The van der Waals surface area contributed by atoms with E-state index in [9.17, 15) is 9.59 Å². The molecular formula is C15H14ClNO2. The Hall–Kier alpha value is -1.35. The lowest BCUT2D eigenvalue weighted by Crippen LogP contribution is -2.32. The average Bonchev–Trinajstić information content (AvgIpc) is 3.06. The largest absolute Gasteiger partial charge is 0.274 e. The normalized spacial score (nSPS) is 36.2. The Kier molecular flexibility index (Phi) is 2.31. The Morgan fingerprint density at radius 3 is 2.16 bits per heavy atom. The van der Waals surface area contributed by atoms with Gasteiger partial charge in [0.2, 0.25) is 11.8 Å². The number of imide groups is 1. The number of amides is 2. The molecule has 1 aliphatic heterocycles. The van der Waals surface area contributed by atoms with E-state index < -0.39 is 0 Å². The molecule has 1 aromatic carbocycles. The van der Waals surface area contributed by atoms with Crippen molar-refractivity contribution < 1.29 is 9.59 Å². The zero-order valence-electron chi connectivity index (χ0n) is 10.4. The number of benzene rings is 1. The molecule has 1 saturated heterocycles. The first-order valence-electron chi connectivity index (χ1n) is 6.81. The maximum absolute atomic E-state index is 12.6. The molecule has 2 saturated carbocycles. The maximum atomic E-state index is 12.6. The molecule has 0 spiro atoms. The van der Waals surface area contributed by atoms with Gasteiger partial charge in [-0.05, 0) is 43.2 Å². The van der Waals surface area contributed by atoms with Gasteiger partial charge in [-0.2, -0.15) is 0 Å². The number of hydrogen-bond donors (Lipinski definition) is 0. The summed E-state index contributed by atoms with van der Waals surface area (Å²) in [5.74, 6) is 0.605. The minimum Gasteiger partial charge on any atom is -0.274 e. The van der Waals surface area contributed by atoms with Crippen LogP contribution < -0.4 is 4.90 Å². The molecule has 2 aliphatic carbocycles. The van der Waals surface area contributed by atoms with Crippen LogP contribution in [-0.4, -0.2) is 11.8 Å². The van der Waals surface area contributed by atoms with Crippen molar-refractivity contribution in [1.82, 2.24) is 0 Å². The minimum atomic E-state index is -0.0810. The molecular weight excluding hydrogens is 262 g/mol. The van der Waals surface area contributed by atoms with Gasteiger partial charge < -0.3 is 0 Å². The average molecular weight is 276 g/mol. The van der Waals surface area contributed by atoms with Gasteiger partial charge in [0.25, 0.3) is 0 Å². The van der Waals surface area contributed by atoms with Crippen molar-refractivity contribution in [2.45, 2.75) is 19.3 Å². The highest BCUT2D eigenvalue weighted by molar-refractivity contribution is 6.36. The molecule has 19 heavy (non-hydrogen) atoms. The molecule has 3 nitrogen and oxygen atoms in total. The quantitative estimate of drug-likeness (QED) is 0.739. The monoisotopic (exact) mass is 275 g/mol. The van der Waals surface area contributed by atoms with Crippen LogP contribution in [0.2, 0.25) is 5.02 Å². The molecule has 1 aromatic rings. The molecule has 3 aliphatic rings. The standard InChI is InChI=1S/C15H14ClNO2/c16-10-3-1-2-4-11(10)17-14(18)12-8-5-6-9(7-8)13(12)15(17)19/h1-4,8-9,12-13H,5-7H2/t8-,9-,12+,13+/m1/s1. The van der Waals surface area contributed by atoms with Crippen molar-refractivity contribution in [3.63, 3.8) is 0 Å². The summed E-state index contributed by atoms with van der Waals surface area (Å²) >= 11 is 6.13. The van der Waals surface area contributed by atoms with Gasteiger partial charge in [0.1, 0.15) is 0 Å². The molecule has 98 valence electrons. The first-order chi connectivity index (χ1) is 9.18. The van der Waals surface area contributed by atoms with Gasteiger partial charge in [0, 0.05) is 0 Å². The number of rotatable bonds is 1. The fourth-order valence-corrected chi connectivity index (χ4v) is 4.50. The predicted molar refractivity (Wildman–Crippen MR) is 71.8 cm³/mol. The smallest absolute Gasteiger partial charge is 0.238 e. The van der Waals surface area contributed by atoms with Crippen molar-refractivity contribution >= 4 is 29.1 Å². The number of hydrogen-bond acceptors (Lipinski definition) is 2. The third-order valence-electron chi connectivity index (χ3n) is 5.02. The summed E-state index contributed by atoms with van der Waals surface area (Å²) in [7, 11) is 0. The van der Waals surface area contributed by atoms with Crippen LogP contribution in [0.3, 0.4) is 0 Å². The number of carbonyl (C=O) groups is 2. The zero-order chi connectivity index (χ0) is 13.1. The van der Waals surface area contributed by atoms with Crippen LogP contribution >= 0.6 is 11.6 Å². The van der Waals surface area contributed by atoms with Crippen molar-refractivity contribution in [3.05, 3.63) is 29.3 Å². The summed E-state index contributed by atoms with van der Waals surface area (Å²) in [6.45, 7) is 0. The van der Waals surface area contributed by atoms with Gasteiger partial charge in [0.05, 0.1) is 22.5 Å². The van der Waals surface area contributed by atoms with Crippen molar-refractivity contribution in [1.29, 1.82) is 0 Å². The second-order valence-corrected chi connectivity index (χ2v) is 6.26. The number of para-hydroxylation sites is 1. The lowest BCUT2D eigenvalue weighted by molar-refractivity contribution is -0.123. The molecule has 3 fully saturated rings. The van der Waals surface area contributed by atoms with Crippen LogP contribution in [0.5, 0.6) is 0 Å². The van der Waals surface area contributed by atoms with Gasteiger partial charge in [0.15, 0.2) is 0 Å². The lowest BCUT2D eigenvalue weighted by atomic mass is 9.81. The van der Waals surface area contributed by atoms with E-state index in [4.69, 9.17) is 11.6 Å². The van der Waals surface area contributed by atoms with Crippen molar-refractivity contribution in [2.24, 2.45) is 23.7 Å². The topological polar surface area (TPSA) is 37.4 Å². The van der Waals surface area contributed by atoms with E-state index in [-0.39, 0.29) is 23.7 Å². The van der Waals surface area contributed by atoms with E-state index in [2.05, 4.69) is 0 Å². The minimum absolute atomic E-state index is 0.0321. The van der Waals surface area contributed by atoms with Crippen LogP contribution in [0.4, 0.5) is 5.69 Å². The molecule has 0 N–H and O–H groups in total. The summed E-state index contributed by atoms with van der Waals surface area (Å²) < 4.78 is 0. The Morgan fingerprint density at radius 2 is 1.58 bits per heavy atom. The second kappa shape index (κ2) is 3.83. The summed E-state index contributed by atoms with van der Waals surface area (Å²) in [5, 5.41) is 0.469. The van der Waals surface area contributed by atoms with E-state index >= 15 is 0 Å². The van der Waals surface area contributed by atoms with Gasteiger partial charge >= 0.3 is 0 Å². The third kappa shape index (κ3) is 1.39. The Bertz CT molecular complexity index is 557. The van der Waals surface area contributed by atoms with Crippen molar-refractivity contribution in [2.75, 3.05) is 4.90 Å². The highest BCUT2D eigenvalue weighted by atomic mass is 35.5. The van der Waals surface area contributed by atoms with Gasteiger partial charge in [-0.25, -0.2) is 4.90 Å². The molecule has 4 rings (SSSR count). The first-order valence-corrected chi connectivity index (χ1v) is 7.18. The zero-order valence-corrected chi connectivity index (χ0v) is 11.1. The van der Waals surface area contributed by atoms with E-state index in [0.717, 1.165) is 19.3 Å². The Balaban J connectivity index is 1.78. The van der Waals surface area contributed by atoms with E-state index in [1.165, 1.54) is 4.90 Å². The maximum Gasteiger partial charge on any atom is 0.238 e. The van der Waals surface area contributed by atoms with Crippen molar-refractivity contribution in [3.8, 4) is 0 Å². The fraction of sp³-hybridized carbons (Fsp3) is 0.467. The summed E-state index contributed by atoms with van der Waals surface area (Å²) in [6, 6.07) is 7.09. The summed E-state index contributed by atoms with van der Waals surface area (Å²) in [4.78, 5) is 26.5. The van der Waals surface area contributed by atoms with E-state index in [0.29, 0.717) is 22.5 Å². The third-order valence-corrected chi connectivity index (χ3v) is 5.34. The molecule has 4 atom stereocenters. The number of anilines is 1. The number of nitrogens with zero attached hydrogens (tertiary/aromatic N) is 1. The van der Waals surface area contributed by atoms with Crippen LogP contribution in [0.15, 0.2) is 24.3 Å². The van der Waals surface area contributed by atoms with Crippen LogP contribution in [0.1, 0.15) is 19.3 Å². The van der Waals surface area contributed by atoms with E-state index in [1.807, 2.05) is 6.07 Å². The van der Waals surface area contributed by atoms with Gasteiger partial charge in [-0.1, -0.05) is 23.7 Å². The Morgan fingerprint density at radius 1 is 1.00 bits per heavy atom. The SMILES string of the molecule is O=C1[C@H]2[C@@H]3CC[C@H](C3)[C@@H]2C(=O)N1c1ccccc1Cl. The molecule has 4 heteroatoms. The van der Waals surface area contributed by atoms with Crippen LogP contribution in [0.25, 0.3) is 0 Å². The molecule has 0 unspecified atom stereocenters. The molecule has 0 radical (unpaired) electrons. The first kappa shape index (κ1) is 11.5. The van der Waals surface area contributed by atoms with Crippen LogP contribution in [-0.2, 0) is 9.59 Å². The number of fused-ring (bicyclic) bond motifs is 5. The number of carbonyl (C=O) groups excluding carboxylic acids is 2. The molecule has 0 aromatic heterocycles. The molecule has 2 bridgehead atoms. The summed E-state index contributed by atoms with van der Waals surface area (Å²) in [6.07, 6.45) is 3.26.